The summed E-state index contributed by atoms with van der Waals surface area (Å²) in [5.41, 5.74) is 0. The smallest absolute Gasteiger partial charge is 1.00 e. The molecular formula is Cl3CrI5Ta. The SMILES string of the molecule is [Cl-].[Cl-].[Cl-].[Cr+3].[I-].[I-].[I-].[I-].[I-].[Ta+5]. The summed E-state index contributed by atoms with van der Waals surface area (Å²) in [6.07, 6.45) is 0. The molecule has 10 heavy (non-hydrogen) atoms. The molecule has 0 aliphatic rings. The average molecular weight is 974 g/mol. The van der Waals surface area contributed by atoms with Crippen LogP contribution in [0.1, 0.15) is 0 Å². The van der Waals surface area contributed by atoms with Crippen LogP contribution in [0.5, 0.6) is 0 Å². The average Bonchev–Trinajstić information content (AvgIpc) is 0. The van der Waals surface area contributed by atoms with Gasteiger partial charge in [0.1, 0.15) is 0 Å². The van der Waals surface area contributed by atoms with Gasteiger partial charge < -0.3 is 157 Å². The van der Waals surface area contributed by atoms with Gasteiger partial charge in [-0.2, -0.15) is 0 Å². The third-order valence-electron chi connectivity index (χ3n) is 0. The topological polar surface area (TPSA) is 0 Å². The molecule has 0 heterocycles. The third-order valence-corrected chi connectivity index (χ3v) is 0. The van der Waals surface area contributed by atoms with Crippen molar-refractivity contribution in [1.29, 1.82) is 0 Å². The van der Waals surface area contributed by atoms with Crippen molar-refractivity contribution in [2.45, 2.75) is 0 Å². The molecule has 0 aliphatic carbocycles. The second-order valence-corrected chi connectivity index (χ2v) is 0. The number of rotatable bonds is 0. The molecule has 67 valence electrons. The van der Waals surface area contributed by atoms with Gasteiger partial charge >= 0.3 is 39.7 Å². The van der Waals surface area contributed by atoms with Crippen LogP contribution in [0.15, 0.2) is 0 Å². The Balaban J connectivity index is 0. The predicted molar refractivity (Wildman–Crippen MR) is 0 cm³/mol. The minimum Gasteiger partial charge on any atom is -1.00 e. The van der Waals surface area contributed by atoms with Crippen molar-refractivity contribution in [2.75, 3.05) is 0 Å². The van der Waals surface area contributed by atoms with Gasteiger partial charge in [0.15, 0.2) is 0 Å². The van der Waals surface area contributed by atoms with Crippen molar-refractivity contribution < 1.29 is 197 Å². The maximum absolute atomic E-state index is 0. The third kappa shape index (κ3) is 67.3. The molecule has 10 heteroatoms. The molecule has 0 saturated carbocycles. The fourth-order valence-corrected chi connectivity index (χ4v) is 0. The zero-order valence-corrected chi connectivity index (χ0v) is 21.4. The summed E-state index contributed by atoms with van der Waals surface area (Å²) in [4.78, 5) is 0. The van der Waals surface area contributed by atoms with Gasteiger partial charge in [0.05, 0.1) is 0 Å². The van der Waals surface area contributed by atoms with E-state index < -0.39 is 0 Å². The summed E-state index contributed by atoms with van der Waals surface area (Å²) in [6, 6.07) is 0. The first kappa shape index (κ1) is 103. The maximum Gasteiger partial charge on any atom is 5.00 e. The van der Waals surface area contributed by atoms with Crippen molar-refractivity contribution in [2.24, 2.45) is 0 Å². The molecule has 0 nitrogen and oxygen atoms in total. The molecule has 0 saturated heterocycles. The van der Waals surface area contributed by atoms with E-state index in [0.29, 0.717) is 0 Å². The summed E-state index contributed by atoms with van der Waals surface area (Å²) < 4.78 is 0. The Morgan fingerprint density at radius 3 is 0.400 bits per heavy atom. The number of hydrogen-bond acceptors (Lipinski definition) is 0. The molecule has 0 fully saturated rings. The molecule has 0 aromatic carbocycles. The van der Waals surface area contributed by atoms with Crippen LogP contribution in [0.3, 0.4) is 0 Å². The fraction of sp³-hybridized carbons (Fsp3) is 0. The molecule has 0 amide bonds. The molecule has 0 unspecified atom stereocenters. The minimum atomic E-state index is 0. The first-order chi connectivity index (χ1) is 0. The zero-order valence-electron chi connectivity index (χ0n) is 3.88. The van der Waals surface area contributed by atoms with E-state index in [1.807, 2.05) is 0 Å². The van der Waals surface area contributed by atoms with E-state index in [9.17, 15) is 0 Å². The van der Waals surface area contributed by atoms with Gasteiger partial charge in [0, 0.05) is 0 Å². The Morgan fingerprint density at radius 2 is 0.400 bits per heavy atom. The summed E-state index contributed by atoms with van der Waals surface area (Å²) in [6.45, 7) is 0. The van der Waals surface area contributed by atoms with E-state index in [1.54, 1.807) is 0 Å². The van der Waals surface area contributed by atoms with E-state index in [2.05, 4.69) is 0 Å². The largest absolute Gasteiger partial charge is 5.00 e. The molecule has 0 aromatic rings. The fourth-order valence-electron chi connectivity index (χ4n) is 0. The van der Waals surface area contributed by atoms with Gasteiger partial charge in [-0.1, -0.05) is 0 Å². The van der Waals surface area contributed by atoms with E-state index >= 15 is 0 Å². The standard InChI is InChI=1S/3ClH.Cr.5HI.Ta/h3*1H;;5*1H;/q;;;+3;;;;;;+5/p-8. The second kappa shape index (κ2) is 83.9. The first-order valence-electron chi connectivity index (χ1n) is 0. The normalized spacial score (nSPS) is 0. The van der Waals surface area contributed by atoms with Crippen molar-refractivity contribution in [3.8, 4) is 0 Å². The Hall–Kier alpha value is 5.79. The number of hydrogen-bond donors (Lipinski definition) is 0. The molecule has 0 bridgehead atoms. The van der Waals surface area contributed by atoms with Crippen LogP contribution in [0.25, 0.3) is 0 Å². The Bertz CT molecular complexity index is 16.9. The Kier molecular flexibility index (Phi) is 864. The van der Waals surface area contributed by atoms with Gasteiger partial charge in [-0.15, -0.1) is 0 Å². The summed E-state index contributed by atoms with van der Waals surface area (Å²) in [5, 5.41) is 0. The van der Waals surface area contributed by atoms with Gasteiger partial charge in [-0.25, -0.2) is 0 Å². The predicted octanol–water partition coefficient (Wildman–Crippen LogP) is -24.0. The van der Waals surface area contributed by atoms with Crippen LogP contribution in [-0.4, -0.2) is 0 Å². The quantitative estimate of drug-likeness (QED) is 0.212. The summed E-state index contributed by atoms with van der Waals surface area (Å²) in [5.74, 6) is 0. The van der Waals surface area contributed by atoms with Crippen LogP contribution in [0.4, 0.5) is 0 Å². The van der Waals surface area contributed by atoms with Crippen molar-refractivity contribution in [1.82, 2.24) is 0 Å². The first-order valence-corrected chi connectivity index (χ1v) is 0. The summed E-state index contributed by atoms with van der Waals surface area (Å²) in [7, 11) is 0. The number of halogens is 8. The van der Waals surface area contributed by atoms with Crippen LogP contribution in [0, 0.1) is 0 Å². The zero-order chi connectivity index (χ0) is 0. The molecule has 0 N–H and O–H groups in total. The molecule has 0 aliphatic heterocycles. The maximum atomic E-state index is 0. The van der Waals surface area contributed by atoms with Gasteiger partial charge in [0.25, 0.3) is 0 Å². The van der Waals surface area contributed by atoms with Crippen molar-refractivity contribution >= 4 is 0 Å². The molecular weight excluding hydrogens is 974 g/mol. The van der Waals surface area contributed by atoms with Gasteiger partial charge in [0.2, 0.25) is 0 Å². The van der Waals surface area contributed by atoms with E-state index in [0.717, 1.165) is 0 Å². The molecule has 1 radical (unpaired) electrons. The summed E-state index contributed by atoms with van der Waals surface area (Å²) >= 11 is 0. The van der Waals surface area contributed by atoms with Crippen LogP contribution in [0.2, 0.25) is 0 Å². The monoisotopic (exact) mass is 972 g/mol. The van der Waals surface area contributed by atoms with Crippen LogP contribution in [-0.2, 0) is 39.7 Å². The minimum absolute atomic E-state index is 0. The molecule has 0 spiro atoms. The van der Waals surface area contributed by atoms with Crippen molar-refractivity contribution in [3.63, 3.8) is 0 Å². The van der Waals surface area contributed by atoms with Gasteiger partial charge in [-0.3, -0.25) is 0 Å². The Morgan fingerprint density at radius 1 is 0.400 bits per heavy atom. The van der Waals surface area contributed by atoms with E-state index in [-0.39, 0.29) is 197 Å². The van der Waals surface area contributed by atoms with Crippen LogP contribution < -0.4 is 157 Å². The second-order valence-electron chi connectivity index (χ2n) is 0. The molecule has 0 atom stereocenters. The Labute approximate surface area is 192 Å². The van der Waals surface area contributed by atoms with E-state index in [4.69, 9.17) is 0 Å². The molecule has 0 aromatic heterocycles. The van der Waals surface area contributed by atoms with Gasteiger partial charge in [-0.05, 0) is 0 Å². The van der Waals surface area contributed by atoms with Crippen molar-refractivity contribution in [3.05, 3.63) is 0 Å². The molecule has 0 rings (SSSR count). The van der Waals surface area contributed by atoms with Crippen LogP contribution >= 0.6 is 0 Å². The van der Waals surface area contributed by atoms with E-state index in [1.165, 1.54) is 0 Å².